The molecule has 0 saturated carbocycles. The number of hydrogen-bond donors (Lipinski definition) is 2. The molecule has 0 unspecified atom stereocenters. The summed E-state index contributed by atoms with van der Waals surface area (Å²) in [5.41, 5.74) is 1.32. The van der Waals surface area contributed by atoms with Gasteiger partial charge < -0.3 is 10.6 Å². The lowest BCUT2D eigenvalue weighted by atomic mass is 10.0. The Labute approximate surface area is 170 Å². The largest absolute Gasteiger partial charge is 0.356 e. The maximum Gasteiger partial charge on any atom is 0.191 e. The lowest BCUT2D eigenvalue weighted by Crippen LogP contribution is -2.48. The molecule has 1 aliphatic heterocycles. The van der Waals surface area contributed by atoms with E-state index in [1.54, 1.807) is 11.3 Å². The average Bonchev–Trinajstić information content (AvgIpc) is 3.09. The summed E-state index contributed by atoms with van der Waals surface area (Å²) in [6.07, 6.45) is 5.11. The summed E-state index contributed by atoms with van der Waals surface area (Å²) >= 11 is 7.73. The number of aryl methyl sites for hydroxylation is 1. The molecule has 27 heavy (non-hydrogen) atoms. The molecule has 2 aromatic rings. The summed E-state index contributed by atoms with van der Waals surface area (Å²) in [4.78, 5) is 12.5. The molecule has 0 aliphatic carbocycles. The van der Waals surface area contributed by atoms with Gasteiger partial charge in [-0.05, 0) is 37.5 Å². The van der Waals surface area contributed by atoms with Crippen molar-refractivity contribution < 1.29 is 0 Å². The third kappa shape index (κ3) is 6.48. The molecule has 146 valence electrons. The van der Waals surface area contributed by atoms with Gasteiger partial charge in [0.25, 0.3) is 0 Å². The molecule has 3 rings (SSSR count). The number of benzene rings is 1. The third-order valence-corrected chi connectivity index (χ3v) is 6.00. The first-order valence-electron chi connectivity index (χ1n) is 9.47. The van der Waals surface area contributed by atoms with Crippen LogP contribution in [0, 0.1) is 6.92 Å². The van der Waals surface area contributed by atoms with Crippen LogP contribution < -0.4 is 10.6 Å². The quantitative estimate of drug-likeness (QED) is 0.570. The highest BCUT2D eigenvalue weighted by Crippen LogP contribution is 2.16. The van der Waals surface area contributed by atoms with Crippen molar-refractivity contribution in [1.29, 1.82) is 0 Å². The number of thiazole rings is 1. The van der Waals surface area contributed by atoms with Gasteiger partial charge in [-0.15, -0.1) is 11.3 Å². The van der Waals surface area contributed by atoms with E-state index in [0.29, 0.717) is 6.04 Å². The Morgan fingerprint density at radius 1 is 1.30 bits per heavy atom. The van der Waals surface area contributed by atoms with Gasteiger partial charge in [0, 0.05) is 61.8 Å². The summed E-state index contributed by atoms with van der Waals surface area (Å²) in [7, 11) is 1.83. The molecule has 7 heteroatoms. The molecule has 0 atom stereocenters. The Bertz CT molecular complexity index is 735. The minimum Gasteiger partial charge on any atom is -0.356 e. The molecule has 1 fully saturated rings. The molecule has 0 amide bonds. The number of likely N-dealkylation sites (tertiary alicyclic amines) is 1. The number of nitrogens with one attached hydrogen (secondary N) is 2. The predicted molar refractivity (Wildman–Crippen MR) is 115 cm³/mol. The molecular formula is C20H28ClN5S. The number of rotatable bonds is 6. The van der Waals surface area contributed by atoms with Crippen LogP contribution in [0.4, 0.5) is 0 Å². The molecule has 1 aliphatic rings. The number of aliphatic imine (C=N–C) groups is 1. The van der Waals surface area contributed by atoms with E-state index in [-0.39, 0.29) is 0 Å². The van der Waals surface area contributed by atoms with Crippen molar-refractivity contribution in [1.82, 2.24) is 20.5 Å². The number of guanidine groups is 1. The van der Waals surface area contributed by atoms with Crippen LogP contribution >= 0.6 is 22.9 Å². The van der Waals surface area contributed by atoms with Crippen LogP contribution in [-0.2, 0) is 13.0 Å². The second kappa shape index (κ2) is 10.1. The van der Waals surface area contributed by atoms with Gasteiger partial charge in [-0.2, -0.15) is 0 Å². The molecule has 0 radical (unpaired) electrons. The molecule has 0 bridgehead atoms. The maximum atomic E-state index is 5.97. The van der Waals surface area contributed by atoms with Crippen LogP contribution in [0.1, 0.15) is 28.3 Å². The molecular weight excluding hydrogens is 378 g/mol. The first-order valence-corrected chi connectivity index (χ1v) is 10.7. The van der Waals surface area contributed by atoms with Gasteiger partial charge in [-0.3, -0.25) is 9.89 Å². The van der Waals surface area contributed by atoms with Crippen LogP contribution in [0.2, 0.25) is 5.02 Å². The van der Waals surface area contributed by atoms with Crippen LogP contribution in [0.25, 0.3) is 0 Å². The van der Waals surface area contributed by atoms with E-state index >= 15 is 0 Å². The average molecular weight is 406 g/mol. The predicted octanol–water partition coefficient (Wildman–Crippen LogP) is 3.48. The molecule has 1 aromatic carbocycles. The Balaban J connectivity index is 1.37. The number of piperidine rings is 1. The standard InChI is InChI=1S/C20H28ClN5S/c1-15-13-24-19(27-15)7-10-23-20(22-2)25-18-8-11-26(12-9-18)14-16-3-5-17(21)6-4-16/h3-6,13,18H,7-12,14H2,1-2H3,(H2,22,23,25). The molecule has 2 N–H and O–H groups in total. The summed E-state index contributed by atoms with van der Waals surface area (Å²) in [5, 5.41) is 8.95. The molecule has 5 nitrogen and oxygen atoms in total. The van der Waals surface area contributed by atoms with Gasteiger partial charge in [0.1, 0.15) is 0 Å². The summed E-state index contributed by atoms with van der Waals surface area (Å²) in [5.74, 6) is 0.888. The smallest absolute Gasteiger partial charge is 0.191 e. The number of nitrogens with zero attached hydrogens (tertiary/aromatic N) is 3. The van der Waals surface area contributed by atoms with Crippen LogP contribution in [0.3, 0.4) is 0 Å². The Morgan fingerprint density at radius 3 is 2.67 bits per heavy atom. The first kappa shape index (κ1) is 20.1. The highest BCUT2D eigenvalue weighted by molar-refractivity contribution is 7.11. The van der Waals surface area contributed by atoms with Crippen LogP contribution in [-0.4, -0.2) is 48.6 Å². The van der Waals surface area contributed by atoms with Crippen molar-refractivity contribution in [2.24, 2.45) is 4.99 Å². The minimum absolute atomic E-state index is 0.472. The highest BCUT2D eigenvalue weighted by atomic mass is 35.5. The van der Waals surface area contributed by atoms with Crippen LogP contribution in [0.15, 0.2) is 35.5 Å². The van der Waals surface area contributed by atoms with E-state index in [1.807, 2.05) is 25.4 Å². The number of halogens is 1. The van der Waals surface area contributed by atoms with E-state index in [9.17, 15) is 0 Å². The van der Waals surface area contributed by atoms with Gasteiger partial charge in [0.2, 0.25) is 0 Å². The monoisotopic (exact) mass is 405 g/mol. The summed E-state index contributed by atoms with van der Waals surface area (Å²) in [6.45, 7) is 6.12. The second-order valence-corrected chi connectivity index (χ2v) is 8.69. The summed E-state index contributed by atoms with van der Waals surface area (Å²) in [6, 6.07) is 8.63. The van der Waals surface area contributed by atoms with Gasteiger partial charge in [-0.1, -0.05) is 23.7 Å². The van der Waals surface area contributed by atoms with Gasteiger partial charge >= 0.3 is 0 Å². The third-order valence-electron chi connectivity index (χ3n) is 4.77. The minimum atomic E-state index is 0.472. The van der Waals surface area contributed by atoms with Crippen molar-refractivity contribution in [2.45, 2.75) is 38.8 Å². The van der Waals surface area contributed by atoms with E-state index in [0.717, 1.165) is 56.4 Å². The van der Waals surface area contributed by atoms with Crippen molar-refractivity contribution in [3.05, 3.63) is 50.9 Å². The molecule has 1 aromatic heterocycles. The van der Waals surface area contributed by atoms with Crippen LogP contribution in [0.5, 0.6) is 0 Å². The highest BCUT2D eigenvalue weighted by Gasteiger charge is 2.20. The lowest BCUT2D eigenvalue weighted by Gasteiger charge is -2.33. The summed E-state index contributed by atoms with van der Waals surface area (Å²) < 4.78 is 0. The lowest BCUT2D eigenvalue weighted by molar-refractivity contribution is 0.198. The zero-order chi connectivity index (χ0) is 19.1. The second-order valence-electron chi connectivity index (χ2n) is 6.93. The van der Waals surface area contributed by atoms with Gasteiger partial charge in [0.05, 0.1) is 5.01 Å². The zero-order valence-corrected chi connectivity index (χ0v) is 17.6. The first-order chi connectivity index (χ1) is 13.1. The van der Waals surface area contributed by atoms with Crippen molar-refractivity contribution in [3.8, 4) is 0 Å². The fourth-order valence-corrected chi connectivity index (χ4v) is 4.19. The maximum absolute atomic E-state index is 5.97. The van der Waals surface area contributed by atoms with E-state index in [1.165, 1.54) is 15.4 Å². The molecule has 2 heterocycles. The Kier molecular flexibility index (Phi) is 7.50. The fourth-order valence-electron chi connectivity index (χ4n) is 3.28. The van der Waals surface area contributed by atoms with Crippen molar-refractivity contribution >= 4 is 28.9 Å². The number of hydrogen-bond acceptors (Lipinski definition) is 4. The Hall–Kier alpha value is -1.63. The topological polar surface area (TPSA) is 52.6 Å². The Morgan fingerprint density at radius 2 is 2.04 bits per heavy atom. The van der Waals surface area contributed by atoms with E-state index in [2.05, 4.69) is 44.6 Å². The van der Waals surface area contributed by atoms with Gasteiger partial charge in [-0.25, -0.2) is 4.98 Å². The van der Waals surface area contributed by atoms with Crippen molar-refractivity contribution in [3.63, 3.8) is 0 Å². The SMILES string of the molecule is CN=C(NCCc1ncc(C)s1)NC1CCN(Cc2ccc(Cl)cc2)CC1. The normalized spacial score (nSPS) is 16.5. The van der Waals surface area contributed by atoms with E-state index in [4.69, 9.17) is 11.6 Å². The number of aromatic nitrogens is 1. The molecule has 1 saturated heterocycles. The van der Waals surface area contributed by atoms with Gasteiger partial charge in [0.15, 0.2) is 5.96 Å². The fraction of sp³-hybridized carbons (Fsp3) is 0.500. The van der Waals surface area contributed by atoms with E-state index < -0.39 is 0 Å². The molecule has 0 spiro atoms. The van der Waals surface area contributed by atoms with Crippen molar-refractivity contribution in [2.75, 3.05) is 26.7 Å². The zero-order valence-electron chi connectivity index (χ0n) is 16.0.